The molecule has 1 aliphatic rings. The van der Waals surface area contributed by atoms with E-state index in [0.29, 0.717) is 5.84 Å². The maximum Gasteiger partial charge on any atom is 0.159 e. The Balaban J connectivity index is 0.763. The Labute approximate surface area is 426 Å². The summed E-state index contributed by atoms with van der Waals surface area (Å²) in [6.45, 7) is 0. The molecule has 0 spiro atoms. The van der Waals surface area contributed by atoms with Crippen LogP contribution in [0.5, 0.6) is 0 Å². The van der Waals surface area contributed by atoms with E-state index in [1.807, 2.05) is 6.07 Å². The van der Waals surface area contributed by atoms with Crippen molar-refractivity contribution < 1.29 is 4.42 Å². The monoisotopic (exact) mass is 944 g/mol. The average molecular weight is 945 g/mol. The SMILES string of the molecule is c1ccc(C2N=C(c3ccc4c(c3)c3ccccc3n4-c3ccccc3)N=C(c3ccc4c(c3)oc3ccc(-c5cccc(-c6cccc(-c7ccc8c9ccccc9c9ccccc9c8c7)c6)c5)cc34)N2)cc1. The van der Waals surface area contributed by atoms with Crippen LogP contribution < -0.4 is 5.32 Å². The first-order valence-electron chi connectivity index (χ1n) is 25.2. The van der Waals surface area contributed by atoms with E-state index in [9.17, 15) is 0 Å². The fraction of sp³-hybridized carbons (Fsp3) is 0.0145. The number of aliphatic imine (C=N–C) groups is 2. The van der Waals surface area contributed by atoms with Gasteiger partial charge in [-0.2, -0.15) is 0 Å². The highest BCUT2D eigenvalue weighted by atomic mass is 16.3. The van der Waals surface area contributed by atoms with Crippen LogP contribution in [0.4, 0.5) is 0 Å². The molecule has 14 aromatic rings. The molecule has 0 aliphatic carbocycles. The van der Waals surface area contributed by atoms with Crippen molar-refractivity contribution in [3.8, 4) is 39.1 Å². The summed E-state index contributed by atoms with van der Waals surface area (Å²) >= 11 is 0. The third kappa shape index (κ3) is 6.93. The molecule has 2 aromatic heterocycles. The van der Waals surface area contributed by atoms with Gasteiger partial charge < -0.3 is 14.3 Å². The number of nitrogens with one attached hydrogen (secondary N) is 1. The molecule has 74 heavy (non-hydrogen) atoms. The van der Waals surface area contributed by atoms with E-state index in [0.717, 1.165) is 77.7 Å². The fourth-order valence-corrected chi connectivity index (χ4v) is 11.4. The third-order valence-corrected chi connectivity index (χ3v) is 15.0. The van der Waals surface area contributed by atoms with Crippen molar-refractivity contribution in [2.75, 3.05) is 0 Å². The molecule has 3 heterocycles. The van der Waals surface area contributed by atoms with Crippen LogP contribution in [0, 0.1) is 0 Å². The number of aromatic nitrogens is 1. The van der Waals surface area contributed by atoms with Crippen LogP contribution in [0.3, 0.4) is 0 Å². The second-order valence-corrected chi connectivity index (χ2v) is 19.3. The lowest BCUT2D eigenvalue weighted by atomic mass is 9.91. The molecule has 1 N–H and O–H groups in total. The van der Waals surface area contributed by atoms with Gasteiger partial charge in [0.15, 0.2) is 5.84 Å². The second-order valence-electron chi connectivity index (χ2n) is 19.3. The van der Waals surface area contributed by atoms with E-state index < -0.39 is 0 Å². The number of amidine groups is 2. The van der Waals surface area contributed by atoms with Gasteiger partial charge in [0.05, 0.1) is 11.0 Å². The van der Waals surface area contributed by atoms with E-state index in [1.54, 1.807) is 0 Å². The van der Waals surface area contributed by atoms with E-state index in [4.69, 9.17) is 14.4 Å². The largest absolute Gasteiger partial charge is 0.456 e. The van der Waals surface area contributed by atoms with Gasteiger partial charge in [-0.3, -0.25) is 0 Å². The molecule has 12 aromatic carbocycles. The van der Waals surface area contributed by atoms with Gasteiger partial charge in [-0.15, -0.1) is 0 Å². The van der Waals surface area contributed by atoms with Crippen LogP contribution in [0.2, 0.25) is 0 Å². The highest BCUT2D eigenvalue weighted by Crippen LogP contribution is 2.40. The molecule has 1 aliphatic heterocycles. The lowest BCUT2D eigenvalue weighted by molar-refractivity contribution is 0.666. The smallest absolute Gasteiger partial charge is 0.159 e. The molecular formula is C69H44N4O. The lowest BCUT2D eigenvalue weighted by Gasteiger charge is -2.23. The molecule has 5 nitrogen and oxygen atoms in total. The maximum atomic E-state index is 6.63. The van der Waals surface area contributed by atoms with Gasteiger partial charge in [-0.05, 0) is 150 Å². The van der Waals surface area contributed by atoms with Crippen molar-refractivity contribution in [3.05, 3.63) is 271 Å². The average Bonchev–Trinajstić information content (AvgIpc) is 4.03. The molecule has 0 saturated heterocycles. The normalized spacial score (nSPS) is 13.8. The van der Waals surface area contributed by atoms with Crippen LogP contribution in [0.15, 0.2) is 269 Å². The third-order valence-electron chi connectivity index (χ3n) is 15.0. The zero-order valence-corrected chi connectivity index (χ0v) is 40.1. The van der Waals surface area contributed by atoms with Crippen LogP contribution in [-0.4, -0.2) is 16.2 Å². The number of hydrogen-bond donors (Lipinski definition) is 1. The molecule has 5 heteroatoms. The second kappa shape index (κ2) is 16.9. The molecule has 346 valence electrons. The van der Waals surface area contributed by atoms with E-state index in [1.165, 1.54) is 60.0 Å². The van der Waals surface area contributed by atoms with Crippen LogP contribution in [-0.2, 0) is 0 Å². The number of benzene rings is 12. The van der Waals surface area contributed by atoms with Crippen LogP contribution >= 0.6 is 0 Å². The number of furan rings is 1. The Kier molecular flexibility index (Phi) is 9.57. The van der Waals surface area contributed by atoms with Crippen molar-refractivity contribution in [3.63, 3.8) is 0 Å². The van der Waals surface area contributed by atoms with Gasteiger partial charge in [-0.25, -0.2) is 9.98 Å². The predicted molar refractivity (Wildman–Crippen MR) is 309 cm³/mol. The molecular weight excluding hydrogens is 901 g/mol. The first-order valence-corrected chi connectivity index (χ1v) is 25.2. The van der Waals surface area contributed by atoms with E-state index >= 15 is 0 Å². The highest BCUT2D eigenvalue weighted by Gasteiger charge is 2.23. The van der Waals surface area contributed by atoms with Gasteiger partial charge in [0.1, 0.15) is 23.2 Å². The molecule has 0 saturated carbocycles. The van der Waals surface area contributed by atoms with Gasteiger partial charge in [0.2, 0.25) is 0 Å². The van der Waals surface area contributed by atoms with Crippen LogP contribution in [0.25, 0.3) is 115 Å². The summed E-state index contributed by atoms with van der Waals surface area (Å²) < 4.78 is 8.96. The first-order chi connectivity index (χ1) is 36.6. The topological polar surface area (TPSA) is 54.8 Å². The Hall–Kier alpha value is -9.84. The number of fused-ring (bicyclic) bond motifs is 12. The molecule has 0 fully saturated rings. The van der Waals surface area contributed by atoms with Gasteiger partial charge in [0, 0.05) is 38.4 Å². The number of para-hydroxylation sites is 2. The lowest BCUT2D eigenvalue weighted by Crippen LogP contribution is -2.33. The van der Waals surface area contributed by atoms with Crippen LogP contribution in [0.1, 0.15) is 22.9 Å². The number of nitrogens with zero attached hydrogens (tertiary/aromatic N) is 3. The van der Waals surface area contributed by atoms with Crippen molar-refractivity contribution >= 4 is 87.7 Å². The quantitative estimate of drug-likeness (QED) is 0.162. The highest BCUT2D eigenvalue weighted by molar-refractivity contribution is 6.26. The number of rotatable bonds is 7. The van der Waals surface area contributed by atoms with Crippen molar-refractivity contribution in [1.82, 2.24) is 9.88 Å². The summed E-state index contributed by atoms with van der Waals surface area (Å²) in [4.78, 5) is 10.5. The summed E-state index contributed by atoms with van der Waals surface area (Å²) in [7, 11) is 0. The van der Waals surface area contributed by atoms with Gasteiger partial charge in [0.25, 0.3) is 0 Å². The Morgan fingerprint density at radius 2 is 0.824 bits per heavy atom. The standard InChI is InChI=1S/C69H44N4O/c1-3-15-43(16-4-1)67-70-68(50-31-35-64-61(41-50)58-27-11-12-28-63(58)73(64)52-21-5-2-6-22-52)72-69(71-67)51-30-34-59-62-40-49(32-36-65(62)74-66(59)42-51)47-20-14-18-45(38-47)44-17-13-19-46(37-44)48-29-33-57-55-25-8-7-23-53(55)54-24-9-10-26-56(54)60(57)39-48/h1-42,67H,(H,70,71,72). The van der Waals surface area contributed by atoms with E-state index in [-0.39, 0.29) is 6.17 Å². The maximum absolute atomic E-state index is 6.63. The Morgan fingerprint density at radius 3 is 1.51 bits per heavy atom. The minimum atomic E-state index is -0.340. The van der Waals surface area contributed by atoms with Gasteiger partial charge >= 0.3 is 0 Å². The predicted octanol–water partition coefficient (Wildman–Crippen LogP) is 17.6. The molecule has 1 unspecified atom stereocenters. The summed E-state index contributed by atoms with van der Waals surface area (Å²) in [5, 5.41) is 15.8. The molecule has 0 radical (unpaired) electrons. The zero-order chi connectivity index (χ0) is 48.7. The summed E-state index contributed by atoms with van der Waals surface area (Å²) in [6.07, 6.45) is -0.340. The molecule has 1 atom stereocenters. The summed E-state index contributed by atoms with van der Waals surface area (Å²) in [5.41, 5.74) is 15.0. The minimum absolute atomic E-state index is 0.340. The van der Waals surface area contributed by atoms with Gasteiger partial charge in [-0.1, -0.05) is 176 Å². The summed E-state index contributed by atoms with van der Waals surface area (Å²) in [6, 6.07) is 91.3. The van der Waals surface area contributed by atoms with E-state index in [2.05, 4.69) is 259 Å². The summed E-state index contributed by atoms with van der Waals surface area (Å²) in [5.74, 6) is 1.41. The first kappa shape index (κ1) is 41.9. The zero-order valence-electron chi connectivity index (χ0n) is 40.1. The molecule has 0 bridgehead atoms. The van der Waals surface area contributed by atoms with Crippen molar-refractivity contribution in [1.29, 1.82) is 0 Å². The van der Waals surface area contributed by atoms with Crippen molar-refractivity contribution in [2.24, 2.45) is 9.98 Å². The fourth-order valence-electron chi connectivity index (χ4n) is 11.4. The Bertz CT molecular complexity index is 4600. The molecule has 15 rings (SSSR count). The molecule has 0 amide bonds. The Morgan fingerprint density at radius 1 is 0.324 bits per heavy atom. The number of hydrogen-bond acceptors (Lipinski definition) is 4. The van der Waals surface area contributed by atoms with Crippen molar-refractivity contribution in [2.45, 2.75) is 6.17 Å². The minimum Gasteiger partial charge on any atom is -0.456 e.